The number of benzene rings is 3. The number of ether oxygens (including phenoxy) is 1. The van der Waals surface area contributed by atoms with Crippen molar-refractivity contribution in [2.24, 2.45) is 0 Å². The van der Waals surface area contributed by atoms with Gasteiger partial charge in [-0.1, -0.05) is 72.8 Å². The van der Waals surface area contributed by atoms with Crippen molar-refractivity contribution in [3.05, 3.63) is 95.1 Å². The van der Waals surface area contributed by atoms with E-state index in [9.17, 15) is 9.90 Å². The van der Waals surface area contributed by atoms with E-state index in [4.69, 9.17) is 4.74 Å². The Morgan fingerprint density at radius 1 is 0.938 bits per heavy atom. The van der Waals surface area contributed by atoms with E-state index in [1.807, 2.05) is 24.3 Å². The second kappa shape index (κ2) is 8.44. The number of amides is 1. The first kappa shape index (κ1) is 20.8. The molecule has 0 radical (unpaired) electrons. The maximum absolute atomic E-state index is 12.8. The van der Waals surface area contributed by atoms with E-state index in [0.29, 0.717) is 39.0 Å². The Morgan fingerprint density at radius 2 is 1.50 bits per heavy atom. The van der Waals surface area contributed by atoms with Crippen LogP contribution in [0.2, 0.25) is 0 Å². The molecule has 1 heterocycles. The minimum absolute atomic E-state index is 0.0640. The van der Waals surface area contributed by atoms with Crippen molar-refractivity contribution < 1.29 is 14.6 Å². The number of aliphatic hydroxyl groups is 1. The van der Waals surface area contributed by atoms with E-state index >= 15 is 0 Å². The van der Waals surface area contributed by atoms with Crippen molar-refractivity contribution in [2.45, 2.75) is 37.7 Å². The predicted octanol–water partition coefficient (Wildman–Crippen LogP) is 5.31. The number of piperidine rings is 1. The van der Waals surface area contributed by atoms with Crippen LogP contribution in [0.5, 0.6) is 0 Å². The van der Waals surface area contributed by atoms with Crippen molar-refractivity contribution in [1.82, 2.24) is 4.90 Å². The van der Waals surface area contributed by atoms with Crippen LogP contribution in [0, 0.1) is 6.92 Å². The zero-order valence-electron chi connectivity index (χ0n) is 18.5. The third kappa shape index (κ3) is 3.91. The first-order valence-electron chi connectivity index (χ1n) is 11.4. The van der Waals surface area contributed by atoms with Gasteiger partial charge in [-0.3, -0.25) is 0 Å². The Hall–Kier alpha value is -3.11. The largest absolute Gasteiger partial charge is 0.448 e. The second-order valence-electron chi connectivity index (χ2n) is 9.12. The number of hydrogen-bond donors (Lipinski definition) is 1. The monoisotopic (exact) mass is 427 g/mol. The summed E-state index contributed by atoms with van der Waals surface area (Å²) in [6.07, 6.45) is 1.46. The summed E-state index contributed by atoms with van der Waals surface area (Å²) in [5, 5.41) is 11.1. The maximum Gasteiger partial charge on any atom is 0.409 e. The van der Waals surface area contributed by atoms with Gasteiger partial charge in [0.15, 0.2) is 0 Å². The molecule has 1 aliphatic carbocycles. The zero-order valence-corrected chi connectivity index (χ0v) is 18.5. The van der Waals surface area contributed by atoms with Crippen LogP contribution in [0.4, 0.5) is 4.79 Å². The lowest BCUT2D eigenvalue weighted by Crippen LogP contribution is -2.48. The molecule has 0 aromatic heterocycles. The average Bonchev–Trinajstić information content (AvgIpc) is 3.13. The third-order valence-electron chi connectivity index (χ3n) is 7.07. The number of carbonyl (C=O) groups excluding carboxylic acids is 1. The van der Waals surface area contributed by atoms with Crippen LogP contribution < -0.4 is 0 Å². The minimum Gasteiger partial charge on any atom is -0.448 e. The fourth-order valence-corrected chi connectivity index (χ4v) is 5.13. The highest BCUT2D eigenvalue weighted by Crippen LogP contribution is 2.44. The van der Waals surface area contributed by atoms with Crippen LogP contribution in [0.1, 0.15) is 41.0 Å². The highest BCUT2D eigenvalue weighted by atomic mass is 16.6. The molecule has 4 nitrogen and oxygen atoms in total. The Labute approximate surface area is 189 Å². The smallest absolute Gasteiger partial charge is 0.409 e. The van der Waals surface area contributed by atoms with Crippen molar-refractivity contribution in [3.63, 3.8) is 0 Å². The number of carbonyl (C=O) groups is 1. The van der Waals surface area contributed by atoms with Crippen LogP contribution >= 0.6 is 0 Å². The fourth-order valence-electron chi connectivity index (χ4n) is 5.13. The molecule has 4 heteroatoms. The molecule has 3 aromatic carbocycles. The van der Waals surface area contributed by atoms with E-state index in [1.165, 1.54) is 33.4 Å². The molecule has 0 saturated carbocycles. The molecular formula is C28H29NO3. The van der Waals surface area contributed by atoms with Crippen molar-refractivity contribution in [3.8, 4) is 11.1 Å². The topological polar surface area (TPSA) is 49.8 Å². The molecule has 0 spiro atoms. The van der Waals surface area contributed by atoms with Gasteiger partial charge in [0.1, 0.15) is 6.61 Å². The molecule has 2 aliphatic rings. The van der Waals surface area contributed by atoms with Gasteiger partial charge in [-0.25, -0.2) is 4.79 Å². The summed E-state index contributed by atoms with van der Waals surface area (Å²) in [5.41, 5.74) is 6.48. The molecule has 5 rings (SSSR count). The van der Waals surface area contributed by atoms with Crippen LogP contribution in [0.25, 0.3) is 11.1 Å². The lowest BCUT2D eigenvalue weighted by molar-refractivity contribution is -0.0201. The molecule has 1 aliphatic heterocycles. The maximum atomic E-state index is 12.8. The number of hydrogen-bond acceptors (Lipinski definition) is 3. The molecule has 1 amide bonds. The number of fused-ring (bicyclic) bond motifs is 3. The molecule has 3 aromatic rings. The van der Waals surface area contributed by atoms with Crippen LogP contribution in [-0.4, -0.2) is 41.4 Å². The number of aryl methyl sites for hydroxylation is 1. The van der Waals surface area contributed by atoms with Gasteiger partial charge >= 0.3 is 6.09 Å². The highest BCUT2D eigenvalue weighted by Gasteiger charge is 2.35. The van der Waals surface area contributed by atoms with Gasteiger partial charge in [0.25, 0.3) is 0 Å². The Bertz CT molecular complexity index is 1090. The lowest BCUT2D eigenvalue weighted by atomic mass is 9.84. The van der Waals surface area contributed by atoms with Gasteiger partial charge in [-0.2, -0.15) is 0 Å². The molecule has 0 unspecified atom stereocenters. The molecule has 1 fully saturated rings. The standard InChI is InChI=1S/C28H29NO3/c1-20-8-2-3-9-21(20)18-28(31)14-16-29(17-15-28)27(30)32-19-26-24-12-6-4-10-22(24)23-11-5-7-13-25(23)26/h2-13,26,31H,14-19H2,1H3. The zero-order chi connectivity index (χ0) is 22.1. The van der Waals surface area contributed by atoms with Gasteiger partial charge in [-0.05, 0) is 53.1 Å². The Morgan fingerprint density at radius 3 is 2.12 bits per heavy atom. The van der Waals surface area contributed by atoms with Crippen LogP contribution in [0.3, 0.4) is 0 Å². The molecule has 164 valence electrons. The lowest BCUT2D eigenvalue weighted by Gasteiger charge is -2.38. The molecular weight excluding hydrogens is 398 g/mol. The van der Waals surface area contributed by atoms with Gasteiger partial charge in [-0.15, -0.1) is 0 Å². The van der Waals surface area contributed by atoms with Crippen molar-refractivity contribution >= 4 is 6.09 Å². The van der Waals surface area contributed by atoms with Gasteiger partial charge < -0.3 is 14.7 Å². The quantitative estimate of drug-likeness (QED) is 0.614. The van der Waals surface area contributed by atoms with E-state index < -0.39 is 5.60 Å². The van der Waals surface area contributed by atoms with E-state index in [1.54, 1.807) is 4.90 Å². The summed E-state index contributed by atoms with van der Waals surface area (Å²) < 4.78 is 5.79. The summed E-state index contributed by atoms with van der Waals surface area (Å²) in [5.74, 6) is 0.0640. The summed E-state index contributed by atoms with van der Waals surface area (Å²) in [4.78, 5) is 14.6. The first-order valence-corrected chi connectivity index (χ1v) is 11.4. The summed E-state index contributed by atoms with van der Waals surface area (Å²) >= 11 is 0. The van der Waals surface area contributed by atoms with Gasteiger partial charge in [0, 0.05) is 25.4 Å². The Balaban J connectivity index is 1.21. The van der Waals surface area contributed by atoms with Gasteiger partial charge in [0.2, 0.25) is 0 Å². The average molecular weight is 428 g/mol. The molecule has 1 N–H and O–H groups in total. The third-order valence-corrected chi connectivity index (χ3v) is 7.07. The fraction of sp³-hybridized carbons (Fsp3) is 0.321. The van der Waals surface area contributed by atoms with E-state index in [2.05, 4.69) is 55.5 Å². The summed E-state index contributed by atoms with van der Waals surface area (Å²) in [6.45, 7) is 3.43. The molecule has 1 saturated heterocycles. The van der Waals surface area contributed by atoms with Gasteiger partial charge in [0.05, 0.1) is 5.60 Å². The molecule has 0 atom stereocenters. The summed E-state index contributed by atoms with van der Waals surface area (Å²) in [6, 6.07) is 24.9. The van der Waals surface area contributed by atoms with E-state index in [-0.39, 0.29) is 12.0 Å². The second-order valence-corrected chi connectivity index (χ2v) is 9.12. The molecule has 32 heavy (non-hydrogen) atoms. The molecule has 0 bridgehead atoms. The number of likely N-dealkylation sites (tertiary alicyclic amines) is 1. The van der Waals surface area contributed by atoms with Crippen LogP contribution in [0.15, 0.2) is 72.8 Å². The Kier molecular flexibility index (Phi) is 5.48. The summed E-state index contributed by atoms with van der Waals surface area (Å²) in [7, 11) is 0. The normalized spacial score (nSPS) is 17.0. The minimum atomic E-state index is -0.772. The SMILES string of the molecule is Cc1ccccc1CC1(O)CCN(C(=O)OCC2c3ccccc3-c3ccccc32)CC1. The first-order chi connectivity index (χ1) is 15.5. The van der Waals surface area contributed by atoms with Crippen molar-refractivity contribution in [1.29, 1.82) is 0 Å². The number of nitrogens with zero attached hydrogens (tertiary/aromatic N) is 1. The number of rotatable bonds is 4. The predicted molar refractivity (Wildman–Crippen MR) is 126 cm³/mol. The highest BCUT2D eigenvalue weighted by molar-refractivity contribution is 5.79. The van der Waals surface area contributed by atoms with Crippen molar-refractivity contribution in [2.75, 3.05) is 19.7 Å². The van der Waals surface area contributed by atoms with Crippen LogP contribution in [-0.2, 0) is 11.2 Å². The van der Waals surface area contributed by atoms with E-state index in [0.717, 1.165) is 0 Å².